The Kier molecular flexibility index (Phi) is 34.6. The average molecular weight is 738 g/mol. The van der Waals surface area contributed by atoms with Crippen LogP contribution in [0.1, 0.15) is 66.5 Å². The number of hydrogen-bond acceptors (Lipinski definition) is 0. The van der Waals surface area contributed by atoms with Gasteiger partial charge in [-0.15, -0.1) is 26.9 Å². The van der Waals surface area contributed by atoms with Crippen molar-refractivity contribution in [3.8, 4) is 0 Å². The van der Waals surface area contributed by atoms with Crippen LogP contribution in [0.5, 0.6) is 0 Å². The molecule has 0 bridgehead atoms. The van der Waals surface area contributed by atoms with Gasteiger partial charge in [-0.3, -0.25) is 12.2 Å². The summed E-state index contributed by atoms with van der Waals surface area (Å²) < 4.78 is 0. The summed E-state index contributed by atoms with van der Waals surface area (Å²) in [5.74, 6) is 1.12. The first-order valence-electron chi connectivity index (χ1n) is 14.5. The molecule has 4 rings (SSSR count). The third-order valence-electron chi connectivity index (χ3n) is 6.57. The molecule has 2 aromatic rings. The van der Waals surface area contributed by atoms with Crippen molar-refractivity contribution in [2.45, 2.75) is 94.7 Å². The van der Waals surface area contributed by atoms with Crippen molar-refractivity contribution in [1.29, 1.82) is 0 Å². The van der Waals surface area contributed by atoms with E-state index in [0.717, 1.165) is 11.1 Å². The van der Waals surface area contributed by atoms with E-state index in [1.54, 1.807) is 0 Å². The molecule has 0 fully saturated rings. The monoisotopic (exact) mass is 736 g/mol. The molecule has 0 amide bonds. The molecule has 2 aromatic carbocycles. The third kappa shape index (κ3) is 25.9. The summed E-state index contributed by atoms with van der Waals surface area (Å²) in [7, 11) is 0. The van der Waals surface area contributed by atoms with Gasteiger partial charge >= 0.3 is 76.9 Å². The number of halogens is 2. The van der Waals surface area contributed by atoms with E-state index in [0.29, 0.717) is 24.9 Å². The Morgan fingerprint density at radius 2 is 0.795 bits per heavy atom. The van der Waals surface area contributed by atoms with Gasteiger partial charge in [0, 0.05) is 0 Å². The molecule has 8 heteroatoms. The fraction of sp³-hybridized carbons (Fsp3) is 0.444. The molecule has 0 heterocycles. The quantitative estimate of drug-likeness (QED) is 0.289. The van der Waals surface area contributed by atoms with Crippen molar-refractivity contribution >= 4 is 12.4 Å². The molecule has 2 nitrogen and oxygen atoms in total. The molecule has 2 unspecified atom stereocenters. The van der Waals surface area contributed by atoms with Crippen LogP contribution in [0.2, 0.25) is 26.2 Å². The second-order valence-corrected chi connectivity index (χ2v) is 24.3. The standard InChI is InChI=1S/2C9H13.2C7H8N.2C2H6Si.2ClH.2Ti/c2*1-6-5-7(2)9(4)8(6)3;2*8-6-7-4-2-1-3-5-7;2*1-3-2;;;;/h2*6H,1-4H3;2*1-5,8H,6H2;2*1-2H3;2*1H;;/q4*-1;;;;;2*+2/p-2. The van der Waals surface area contributed by atoms with Crippen molar-refractivity contribution in [2.75, 3.05) is 0 Å². The summed E-state index contributed by atoms with van der Waals surface area (Å²) in [4.78, 5) is 0. The first-order valence-corrected chi connectivity index (χ1v) is 24.2. The number of nitrogens with one attached hydrogen (secondary N) is 2. The van der Waals surface area contributed by atoms with E-state index in [2.05, 4.69) is 132 Å². The van der Waals surface area contributed by atoms with Gasteiger partial charge in [0.2, 0.25) is 0 Å². The zero-order chi connectivity index (χ0) is 32.8. The Bertz CT molecular complexity index is 1110. The van der Waals surface area contributed by atoms with Crippen LogP contribution in [-0.4, -0.2) is 12.4 Å². The van der Waals surface area contributed by atoms with Gasteiger partial charge in [0.25, 0.3) is 0 Å². The first-order chi connectivity index (χ1) is 19.6. The molecule has 0 saturated heterocycles. The largest absolute Gasteiger partial charge is 1.00 e. The Morgan fingerprint density at radius 3 is 0.886 bits per heavy atom. The molecule has 2 N–H and O–H groups in total. The summed E-state index contributed by atoms with van der Waals surface area (Å²) in [6.45, 7) is 27.2. The van der Waals surface area contributed by atoms with E-state index in [1.807, 2.05) is 60.7 Å². The number of allylic oxidation sites excluding steroid dienone is 8. The van der Waals surface area contributed by atoms with Crippen molar-refractivity contribution in [2.24, 2.45) is 11.8 Å². The van der Waals surface area contributed by atoms with Crippen molar-refractivity contribution in [3.05, 3.63) is 129 Å². The number of benzene rings is 2. The van der Waals surface area contributed by atoms with Crippen LogP contribution in [0.25, 0.3) is 11.5 Å². The van der Waals surface area contributed by atoms with Crippen LogP contribution in [-0.2, 0) is 51.4 Å². The Morgan fingerprint density at radius 1 is 0.568 bits per heavy atom. The maximum Gasteiger partial charge on any atom is -0.0608 e. The molecule has 2 aliphatic carbocycles. The first kappa shape index (κ1) is 50.6. The molecule has 44 heavy (non-hydrogen) atoms. The van der Waals surface area contributed by atoms with Crippen molar-refractivity contribution < 1.29 is 63.2 Å². The van der Waals surface area contributed by atoms with Gasteiger partial charge in [-0.05, 0) is 0 Å². The van der Waals surface area contributed by atoms with Crippen molar-refractivity contribution in [1.82, 2.24) is 0 Å². The molecule has 0 radical (unpaired) electrons. The van der Waals surface area contributed by atoms with Crippen LogP contribution in [0, 0.1) is 24.0 Å². The van der Waals surface area contributed by atoms with Gasteiger partial charge < -0.3 is 36.3 Å². The molecule has 0 saturated carbocycles. The maximum absolute atomic E-state index is 6.94. The van der Waals surface area contributed by atoms with Crippen LogP contribution in [0.4, 0.5) is 0 Å². The Balaban J connectivity index is -0.000000222. The van der Waals surface area contributed by atoms with Crippen LogP contribution >= 0.6 is 0 Å². The Labute approximate surface area is 308 Å². The topological polar surface area (TPSA) is 47.6 Å². The zero-order valence-electron chi connectivity index (χ0n) is 29.1. The SMILES string of the molecule is CC1=[C-]C(C)C(C)=C1C.CC1=[C-]C(C)C(C)=C1C.C[Si](C)=[Ti+2].C[Si](C)=[Ti+2].[Cl-].[Cl-].[NH-]Cc1ccccc1.[NH-]Cc1ccccc1. The smallest absolute Gasteiger partial charge is 0.0608 e. The normalized spacial score (nSPS) is 15.7. The van der Waals surface area contributed by atoms with Crippen LogP contribution in [0.3, 0.4) is 0 Å². The fourth-order valence-corrected chi connectivity index (χ4v) is 3.52. The minimum atomic E-state index is 0. The third-order valence-corrected chi connectivity index (χ3v) is 6.57. The summed E-state index contributed by atoms with van der Waals surface area (Å²) in [5, 5.41) is 0. The van der Waals surface area contributed by atoms with E-state index in [4.69, 9.17) is 11.5 Å². The van der Waals surface area contributed by atoms with Gasteiger partial charge in [-0.2, -0.15) is 22.3 Å². The molecule has 240 valence electrons. The van der Waals surface area contributed by atoms with Gasteiger partial charge in [0.15, 0.2) is 0 Å². The summed E-state index contributed by atoms with van der Waals surface area (Å²) in [5.41, 5.74) is 24.5. The predicted molar refractivity (Wildman–Crippen MR) is 184 cm³/mol. The predicted octanol–water partition coefficient (Wildman–Crippen LogP) is 5.50. The fourth-order valence-electron chi connectivity index (χ4n) is 3.52. The van der Waals surface area contributed by atoms with Gasteiger partial charge in [0.1, 0.15) is 0 Å². The zero-order valence-corrected chi connectivity index (χ0v) is 35.7. The molecular formula is C36H54Cl2N2Si2Ti2-2. The van der Waals surface area contributed by atoms with Crippen LogP contribution in [0.15, 0.2) is 94.1 Å². The molecular weight excluding hydrogens is 683 g/mol. The molecule has 0 aromatic heterocycles. The van der Waals surface area contributed by atoms with Crippen molar-refractivity contribution in [3.63, 3.8) is 0 Å². The van der Waals surface area contributed by atoms with Gasteiger partial charge in [-0.1, -0.05) is 125 Å². The average Bonchev–Trinajstić information content (AvgIpc) is 3.31. The minimum Gasteiger partial charge on any atom is -1.00 e. The summed E-state index contributed by atoms with van der Waals surface area (Å²) in [6, 6.07) is 19.5. The van der Waals surface area contributed by atoms with E-state index >= 15 is 0 Å². The second kappa shape index (κ2) is 30.1. The number of rotatable bonds is 2. The minimum absolute atomic E-state index is 0. The number of hydrogen-bond donors (Lipinski definition) is 0. The molecule has 0 aliphatic heterocycles. The molecule has 2 aliphatic rings. The maximum atomic E-state index is 6.94. The van der Waals surface area contributed by atoms with Gasteiger partial charge in [0.05, 0.1) is 0 Å². The second-order valence-electron chi connectivity index (χ2n) is 10.9. The van der Waals surface area contributed by atoms with Gasteiger partial charge in [-0.25, -0.2) is 11.1 Å². The summed E-state index contributed by atoms with van der Waals surface area (Å²) in [6.07, 6.45) is 6.96. The van der Waals surface area contributed by atoms with E-state index in [-0.39, 0.29) is 37.2 Å². The molecule has 2 atom stereocenters. The van der Waals surface area contributed by atoms with E-state index < -0.39 is 0 Å². The summed E-state index contributed by atoms with van der Waals surface area (Å²) >= 11 is 4.54. The molecule has 0 spiro atoms. The van der Waals surface area contributed by atoms with E-state index in [1.165, 1.54) is 33.4 Å². The van der Waals surface area contributed by atoms with E-state index in [9.17, 15) is 0 Å². The van der Waals surface area contributed by atoms with Crippen LogP contribution < -0.4 is 24.8 Å². The Hall–Kier alpha value is -0.238.